The molecule has 0 amide bonds. The molecule has 1 saturated carbocycles. The number of rotatable bonds is 5. The highest BCUT2D eigenvalue weighted by atomic mass is 32.2. The van der Waals surface area contributed by atoms with Crippen LogP contribution >= 0.6 is 11.8 Å². The van der Waals surface area contributed by atoms with Gasteiger partial charge in [0.15, 0.2) is 0 Å². The molecule has 0 radical (unpaired) electrons. The molecule has 4 heteroatoms. The number of carboxylic acids is 1. The van der Waals surface area contributed by atoms with Gasteiger partial charge in [0.1, 0.15) is 0 Å². The third-order valence-corrected chi connectivity index (χ3v) is 5.32. The zero-order chi connectivity index (χ0) is 15.5. The molecular weight excluding hydrogens is 282 g/mol. The SMILES string of the molecule is CCSc1cccc(NC2CCCCC2(C)C)c1C(=O)O. The molecule has 0 heterocycles. The summed E-state index contributed by atoms with van der Waals surface area (Å²) >= 11 is 1.59. The molecule has 0 saturated heterocycles. The average Bonchev–Trinajstić information content (AvgIpc) is 2.41. The summed E-state index contributed by atoms with van der Waals surface area (Å²) in [5.74, 6) is 0.0289. The Morgan fingerprint density at radius 1 is 1.43 bits per heavy atom. The van der Waals surface area contributed by atoms with Crippen LogP contribution in [0.4, 0.5) is 5.69 Å². The molecule has 1 aromatic carbocycles. The van der Waals surface area contributed by atoms with E-state index in [0.717, 1.165) is 22.8 Å². The van der Waals surface area contributed by atoms with E-state index < -0.39 is 5.97 Å². The fourth-order valence-electron chi connectivity index (χ4n) is 3.10. The number of aromatic carboxylic acids is 1. The minimum Gasteiger partial charge on any atom is -0.478 e. The summed E-state index contributed by atoms with van der Waals surface area (Å²) in [6, 6.07) is 6.08. The zero-order valence-corrected chi connectivity index (χ0v) is 13.9. The predicted octanol–water partition coefficient (Wildman–Crippen LogP) is 4.88. The molecule has 0 aliphatic heterocycles. The third kappa shape index (κ3) is 3.73. The van der Waals surface area contributed by atoms with Gasteiger partial charge in [0.2, 0.25) is 0 Å². The first-order valence-corrected chi connectivity index (χ1v) is 8.70. The Kier molecular flexibility index (Phi) is 5.20. The maximum atomic E-state index is 11.7. The smallest absolute Gasteiger partial charge is 0.338 e. The number of nitrogens with one attached hydrogen (secondary N) is 1. The van der Waals surface area contributed by atoms with Crippen molar-refractivity contribution in [2.75, 3.05) is 11.1 Å². The molecule has 3 nitrogen and oxygen atoms in total. The summed E-state index contributed by atoms with van der Waals surface area (Å²) < 4.78 is 0. The van der Waals surface area contributed by atoms with Crippen LogP contribution in [0.3, 0.4) is 0 Å². The number of hydrogen-bond donors (Lipinski definition) is 2. The molecule has 1 atom stereocenters. The van der Waals surface area contributed by atoms with E-state index in [4.69, 9.17) is 0 Å². The molecule has 2 rings (SSSR count). The Hall–Kier alpha value is -1.16. The lowest BCUT2D eigenvalue weighted by molar-refractivity contribution is 0.0694. The van der Waals surface area contributed by atoms with Crippen molar-refractivity contribution in [3.8, 4) is 0 Å². The van der Waals surface area contributed by atoms with Crippen LogP contribution < -0.4 is 5.32 Å². The number of anilines is 1. The summed E-state index contributed by atoms with van der Waals surface area (Å²) in [7, 11) is 0. The lowest BCUT2D eigenvalue weighted by atomic mass is 9.73. The highest BCUT2D eigenvalue weighted by Crippen LogP contribution is 2.38. The van der Waals surface area contributed by atoms with E-state index in [-0.39, 0.29) is 5.41 Å². The van der Waals surface area contributed by atoms with Gasteiger partial charge in [-0.25, -0.2) is 4.79 Å². The molecule has 0 bridgehead atoms. The van der Waals surface area contributed by atoms with Crippen LogP contribution in [0.25, 0.3) is 0 Å². The number of carboxylic acid groups (broad SMARTS) is 1. The molecule has 1 fully saturated rings. The van der Waals surface area contributed by atoms with Gasteiger partial charge in [-0.2, -0.15) is 0 Å². The molecule has 1 aliphatic carbocycles. The minimum absolute atomic E-state index is 0.210. The highest BCUT2D eigenvalue weighted by molar-refractivity contribution is 7.99. The second-order valence-corrected chi connectivity index (χ2v) is 7.65. The standard InChI is InChI=1S/C17H25NO2S/c1-4-21-13-9-7-8-12(15(13)16(19)20)18-14-10-5-6-11-17(14,2)3/h7-9,14,18H,4-6,10-11H2,1-3H3,(H,19,20). The Bertz CT molecular complexity index is 514. The fraction of sp³-hybridized carbons (Fsp3) is 0.588. The first-order valence-electron chi connectivity index (χ1n) is 7.71. The van der Waals surface area contributed by atoms with Crippen molar-refractivity contribution >= 4 is 23.4 Å². The van der Waals surface area contributed by atoms with E-state index in [0.29, 0.717) is 11.6 Å². The number of thioether (sulfide) groups is 1. The van der Waals surface area contributed by atoms with Gasteiger partial charge in [-0.15, -0.1) is 11.8 Å². The Morgan fingerprint density at radius 2 is 2.19 bits per heavy atom. The van der Waals surface area contributed by atoms with Crippen molar-refractivity contribution in [1.29, 1.82) is 0 Å². The van der Waals surface area contributed by atoms with E-state index >= 15 is 0 Å². The Morgan fingerprint density at radius 3 is 2.81 bits per heavy atom. The number of hydrogen-bond acceptors (Lipinski definition) is 3. The molecule has 0 aromatic heterocycles. The van der Waals surface area contributed by atoms with Crippen LogP contribution in [0.5, 0.6) is 0 Å². The van der Waals surface area contributed by atoms with Crippen LogP contribution in [0, 0.1) is 5.41 Å². The van der Waals surface area contributed by atoms with Gasteiger partial charge in [-0.05, 0) is 36.1 Å². The van der Waals surface area contributed by atoms with Gasteiger partial charge in [-0.1, -0.05) is 39.7 Å². The topological polar surface area (TPSA) is 49.3 Å². The van der Waals surface area contributed by atoms with Crippen LogP contribution in [-0.2, 0) is 0 Å². The van der Waals surface area contributed by atoms with Gasteiger partial charge < -0.3 is 10.4 Å². The monoisotopic (exact) mass is 307 g/mol. The van der Waals surface area contributed by atoms with Crippen molar-refractivity contribution in [3.05, 3.63) is 23.8 Å². The van der Waals surface area contributed by atoms with E-state index in [1.54, 1.807) is 11.8 Å². The first kappa shape index (κ1) is 16.2. The normalized spacial score (nSPS) is 21.0. The third-order valence-electron chi connectivity index (χ3n) is 4.38. The van der Waals surface area contributed by atoms with Gasteiger partial charge in [0, 0.05) is 10.9 Å². The second-order valence-electron chi connectivity index (χ2n) is 6.35. The van der Waals surface area contributed by atoms with E-state index in [1.807, 2.05) is 25.1 Å². The summed E-state index contributed by atoms with van der Waals surface area (Å²) in [4.78, 5) is 12.5. The Balaban J connectivity index is 2.30. The fourth-order valence-corrected chi connectivity index (χ4v) is 3.92. The lowest BCUT2D eigenvalue weighted by Crippen LogP contribution is -2.39. The van der Waals surface area contributed by atoms with Gasteiger partial charge in [0.05, 0.1) is 11.3 Å². The van der Waals surface area contributed by atoms with Crippen molar-refractivity contribution in [2.24, 2.45) is 5.41 Å². The molecule has 116 valence electrons. The van der Waals surface area contributed by atoms with E-state index in [1.165, 1.54) is 19.3 Å². The quantitative estimate of drug-likeness (QED) is 0.761. The van der Waals surface area contributed by atoms with Gasteiger partial charge >= 0.3 is 5.97 Å². The van der Waals surface area contributed by atoms with Crippen LogP contribution in [-0.4, -0.2) is 22.9 Å². The molecule has 1 aromatic rings. The molecule has 1 aliphatic rings. The number of carbonyl (C=O) groups is 1. The van der Waals surface area contributed by atoms with Crippen LogP contribution in [0.1, 0.15) is 56.8 Å². The highest BCUT2D eigenvalue weighted by Gasteiger charge is 2.33. The van der Waals surface area contributed by atoms with E-state index in [9.17, 15) is 9.90 Å². The summed E-state index contributed by atoms with van der Waals surface area (Å²) in [5, 5.41) is 13.1. The molecule has 2 N–H and O–H groups in total. The van der Waals surface area contributed by atoms with Crippen molar-refractivity contribution < 1.29 is 9.90 Å². The molecule has 1 unspecified atom stereocenters. The van der Waals surface area contributed by atoms with Gasteiger partial charge in [-0.3, -0.25) is 0 Å². The molecular formula is C17H25NO2S. The van der Waals surface area contributed by atoms with Crippen molar-refractivity contribution in [2.45, 2.75) is 57.4 Å². The first-order chi connectivity index (χ1) is 9.95. The maximum Gasteiger partial charge on any atom is 0.338 e. The van der Waals surface area contributed by atoms with Crippen molar-refractivity contribution in [3.63, 3.8) is 0 Å². The molecule has 21 heavy (non-hydrogen) atoms. The predicted molar refractivity (Wildman–Crippen MR) is 89.5 cm³/mol. The second kappa shape index (κ2) is 6.73. The minimum atomic E-state index is -0.845. The van der Waals surface area contributed by atoms with Crippen molar-refractivity contribution in [1.82, 2.24) is 0 Å². The van der Waals surface area contributed by atoms with Crippen LogP contribution in [0.2, 0.25) is 0 Å². The largest absolute Gasteiger partial charge is 0.478 e. The zero-order valence-electron chi connectivity index (χ0n) is 13.1. The maximum absolute atomic E-state index is 11.7. The summed E-state index contributed by atoms with van der Waals surface area (Å²) in [6.45, 7) is 6.59. The van der Waals surface area contributed by atoms with Crippen LogP contribution in [0.15, 0.2) is 23.1 Å². The van der Waals surface area contributed by atoms with Gasteiger partial charge in [0.25, 0.3) is 0 Å². The average molecular weight is 307 g/mol. The Labute approximate surface area is 131 Å². The van der Waals surface area contributed by atoms with E-state index in [2.05, 4.69) is 19.2 Å². The lowest BCUT2D eigenvalue weighted by Gasteiger charge is -2.40. The number of benzene rings is 1. The molecule has 0 spiro atoms. The summed E-state index contributed by atoms with van der Waals surface area (Å²) in [6.07, 6.45) is 4.78. The summed E-state index contributed by atoms with van der Waals surface area (Å²) in [5.41, 5.74) is 1.40.